The monoisotopic (exact) mass is 1030 g/mol. The molecule has 1 aliphatic heterocycles. The van der Waals surface area contributed by atoms with Crippen molar-refractivity contribution in [2.45, 2.75) is 221 Å². The lowest BCUT2D eigenvalue weighted by Gasteiger charge is -2.41. The van der Waals surface area contributed by atoms with Crippen molar-refractivity contribution in [1.82, 2.24) is 31.5 Å². The molecule has 1 aromatic carbocycles. The van der Waals surface area contributed by atoms with Crippen LogP contribution in [0, 0.1) is 17.8 Å². The number of carbonyl (C=O) groups excluding carboxylic acids is 7. The van der Waals surface area contributed by atoms with Crippen LogP contribution in [0.2, 0.25) is 36.3 Å². The number of amides is 6. The van der Waals surface area contributed by atoms with Crippen LogP contribution >= 0.6 is 0 Å². The number of alkyl carbamates (subject to hydrolysis) is 1. The maximum atomic E-state index is 15.1. The molecule has 1 aliphatic rings. The van der Waals surface area contributed by atoms with Crippen molar-refractivity contribution in [3.63, 3.8) is 0 Å². The number of hydrogen-bond acceptors (Lipinski definition) is 12. The van der Waals surface area contributed by atoms with Gasteiger partial charge in [0.25, 0.3) is 0 Å². The molecule has 1 saturated heterocycles. The molecule has 0 unspecified atom stereocenters. The summed E-state index contributed by atoms with van der Waals surface area (Å²) in [5.74, 6) is -5.61. The molecule has 6 amide bonds. The Kier molecular flexibility index (Phi) is 22.1. The zero-order valence-electron chi connectivity index (χ0n) is 46.9. The Morgan fingerprint density at radius 1 is 0.634 bits per heavy atom. The third kappa shape index (κ3) is 16.8. The summed E-state index contributed by atoms with van der Waals surface area (Å²) in [6.45, 7) is 39.1. The molecule has 5 N–H and O–H groups in total. The molecule has 1 fully saturated rings. The molecule has 0 saturated carbocycles. The van der Waals surface area contributed by atoms with E-state index in [2.05, 4.69) is 47.4 Å². The molecule has 18 nitrogen and oxygen atoms in total. The number of ether oxygens (including phenoxy) is 3. The van der Waals surface area contributed by atoms with Gasteiger partial charge in [0.05, 0.1) is 25.4 Å². The molecular formula is C51H90N6O12Si2. The van der Waals surface area contributed by atoms with Gasteiger partial charge in [-0.1, -0.05) is 113 Å². The highest BCUT2D eigenvalue weighted by Crippen LogP contribution is 2.39. The van der Waals surface area contributed by atoms with Gasteiger partial charge in [-0.25, -0.2) is 9.59 Å². The smallest absolute Gasteiger partial charge is 0.408 e. The number of carbonyl (C=O) groups is 7. The van der Waals surface area contributed by atoms with Crippen molar-refractivity contribution in [2.75, 3.05) is 7.11 Å². The maximum absolute atomic E-state index is 15.1. The lowest BCUT2D eigenvalue weighted by atomic mass is 9.97. The maximum Gasteiger partial charge on any atom is 0.408 e. The molecule has 20 heteroatoms. The Hall–Kier alpha value is -4.38. The first-order valence-electron chi connectivity index (χ1n) is 24.9. The van der Waals surface area contributed by atoms with E-state index in [4.69, 9.17) is 23.1 Å². The quantitative estimate of drug-likeness (QED) is 0.0617. The molecule has 0 bridgehead atoms. The number of nitrogens with one attached hydrogen (secondary N) is 5. The van der Waals surface area contributed by atoms with Crippen LogP contribution in [0.25, 0.3) is 0 Å². The van der Waals surface area contributed by atoms with Crippen LogP contribution in [0.3, 0.4) is 0 Å². The van der Waals surface area contributed by atoms with E-state index in [0.29, 0.717) is 0 Å². The molecular weight excluding hydrogens is 945 g/mol. The van der Waals surface area contributed by atoms with E-state index >= 15 is 4.79 Å². The highest BCUT2D eigenvalue weighted by Gasteiger charge is 2.54. The number of hydrogen-bond donors (Lipinski definition) is 5. The summed E-state index contributed by atoms with van der Waals surface area (Å²) in [5.41, 5.74) is -0.622. The summed E-state index contributed by atoms with van der Waals surface area (Å²) in [4.78, 5) is 100. The second-order valence-electron chi connectivity index (χ2n) is 23.5. The molecule has 9 atom stereocenters. The zero-order chi connectivity index (χ0) is 54.9. The molecule has 2 rings (SSSR count). The second kappa shape index (κ2) is 25.0. The molecule has 71 heavy (non-hydrogen) atoms. The molecule has 0 radical (unpaired) electrons. The van der Waals surface area contributed by atoms with Crippen LogP contribution < -0.4 is 26.6 Å². The van der Waals surface area contributed by atoms with Crippen molar-refractivity contribution in [3.8, 4) is 0 Å². The summed E-state index contributed by atoms with van der Waals surface area (Å²) < 4.78 is 29.9. The lowest BCUT2D eigenvalue weighted by Crippen LogP contribution is -2.65. The van der Waals surface area contributed by atoms with Gasteiger partial charge in [-0.2, -0.15) is 0 Å². The van der Waals surface area contributed by atoms with Gasteiger partial charge in [-0.15, -0.1) is 0 Å². The Balaban J connectivity index is 2.52. The van der Waals surface area contributed by atoms with E-state index in [1.54, 1.807) is 88.3 Å². The van der Waals surface area contributed by atoms with E-state index < -0.39 is 136 Å². The lowest BCUT2D eigenvalue weighted by molar-refractivity contribution is -0.155. The highest BCUT2D eigenvalue weighted by atomic mass is 28.4. The van der Waals surface area contributed by atoms with Gasteiger partial charge in [0.15, 0.2) is 22.7 Å². The second-order valence-corrected chi connectivity index (χ2v) is 33.0. The third-order valence-electron chi connectivity index (χ3n) is 14.0. The molecule has 0 spiro atoms. The molecule has 1 aromatic rings. The average molecular weight is 1040 g/mol. The topological polar surface area (TPSA) is 229 Å². The summed E-state index contributed by atoms with van der Waals surface area (Å²) in [5, 5.41) is 13.5. The van der Waals surface area contributed by atoms with Crippen LogP contribution in [-0.4, -0.2) is 131 Å². The molecule has 0 aliphatic carbocycles. The van der Waals surface area contributed by atoms with Crippen molar-refractivity contribution in [2.24, 2.45) is 17.8 Å². The molecule has 404 valence electrons. The van der Waals surface area contributed by atoms with Crippen LogP contribution in [0.4, 0.5) is 4.79 Å². The van der Waals surface area contributed by atoms with Crippen molar-refractivity contribution in [1.29, 1.82) is 0 Å². The van der Waals surface area contributed by atoms with Gasteiger partial charge in [-0.3, -0.25) is 28.9 Å². The van der Waals surface area contributed by atoms with Crippen molar-refractivity contribution in [3.05, 3.63) is 35.9 Å². The minimum Gasteiger partial charge on any atom is -0.467 e. The van der Waals surface area contributed by atoms with Crippen LogP contribution in [0.5, 0.6) is 0 Å². The van der Waals surface area contributed by atoms with E-state index in [-0.39, 0.29) is 16.7 Å². The van der Waals surface area contributed by atoms with Gasteiger partial charge in [0, 0.05) is 0 Å². The Morgan fingerprint density at radius 3 is 1.48 bits per heavy atom. The largest absolute Gasteiger partial charge is 0.467 e. The zero-order valence-corrected chi connectivity index (χ0v) is 48.9. The van der Waals surface area contributed by atoms with Crippen LogP contribution in [0.1, 0.15) is 123 Å². The summed E-state index contributed by atoms with van der Waals surface area (Å²) >= 11 is 0. The third-order valence-corrected chi connectivity index (χ3v) is 23.2. The summed E-state index contributed by atoms with van der Waals surface area (Å²) in [6, 6.07) is 1.69. The summed E-state index contributed by atoms with van der Waals surface area (Å²) in [6.07, 6.45) is -3.38. The average Bonchev–Trinajstić information content (AvgIpc) is 3.49. The van der Waals surface area contributed by atoms with Gasteiger partial charge in [0.1, 0.15) is 42.5 Å². The molecule has 0 aromatic heterocycles. The Morgan fingerprint density at radius 2 is 1.04 bits per heavy atom. The first-order valence-corrected chi connectivity index (χ1v) is 30.8. The number of benzene rings is 1. The Bertz CT molecular complexity index is 2000. The predicted molar refractivity (Wildman–Crippen MR) is 279 cm³/mol. The SMILES string of the molecule is COC(=O)[C@@H](NC(=O)[C@@H](NC(=O)[C@@H]1[C@@H](C)OC(C)(C)N1C(=O)[C@@H](NC(=O)[C@@H](NC(=O)[C@@H](NC(=O)OCc1ccccc1)C(C)C)[C@@H](C)O[Si](C)(C)C(C)(C)C)C(C)C)C(C)C)[C@@H](C)O[Si](C)(C)C(C)(C)C. The van der Waals surface area contributed by atoms with Gasteiger partial charge >= 0.3 is 12.1 Å². The van der Waals surface area contributed by atoms with Gasteiger partial charge < -0.3 is 49.6 Å². The Labute approximate surface area is 426 Å². The van der Waals surface area contributed by atoms with Gasteiger partial charge in [0.2, 0.25) is 29.5 Å². The standard InChI is InChI=1S/C51H90N6O12Si2/c1-29(2)36(42(58)55-40(47(63)65-18)33(8)69-71(21,22)50(13,14)15)52-45(61)41-34(9)67-51(16,17)57(41)46(62)38(31(5)6)53-44(60)39(32(7)68-70(19,20)49(10,11)12)54-43(59)37(30(3)4)56-48(64)66-28-35-26-24-23-25-27-35/h23-27,29-34,36-41H,28H2,1-22H3,(H,52,61)(H,53,60)(H,54,59)(H,55,58)(H,56,64)/t32-,33-,34-,36+,37+,38+,39+,40+,41+/m1/s1. The number of esters is 1. The van der Waals surface area contributed by atoms with Crippen molar-refractivity contribution < 1.29 is 56.6 Å². The fraction of sp³-hybridized carbons (Fsp3) is 0.745. The van der Waals surface area contributed by atoms with Crippen LogP contribution in [0.15, 0.2) is 30.3 Å². The molecule has 1 heterocycles. The first-order chi connectivity index (χ1) is 32.3. The minimum absolute atomic E-state index is 0.0234. The van der Waals surface area contributed by atoms with E-state index in [0.717, 1.165) is 5.56 Å². The van der Waals surface area contributed by atoms with E-state index in [1.807, 2.05) is 65.2 Å². The minimum atomic E-state index is -2.58. The van der Waals surface area contributed by atoms with Gasteiger partial charge in [-0.05, 0) is 94.2 Å². The van der Waals surface area contributed by atoms with E-state index in [9.17, 15) is 28.8 Å². The first kappa shape index (κ1) is 62.7. The van der Waals surface area contributed by atoms with Crippen LogP contribution in [-0.2, 0) is 58.4 Å². The number of methoxy groups -OCH3 is 1. The number of nitrogens with zero attached hydrogens (tertiary/aromatic N) is 1. The fourth-order valence-electron chi connectivity index (χ4n) is 7.76. The predicted octanol–water partition coefficient (Wildman–Crippen LogP) is 6.53. The van der Waals surface area contributed by atoms with Crippen molar-refractivity contribution >= 4 is 58.2 Å². The number of rotatable bonds is 22. The normalized spacial score (nSPS) is 19.4. The summed E-state index contributed by atoms with van der Waals surface area (Å²) in [7, 11) is -3.77. The fourth-order valence-corrected chi connectivity index (χ4v) is 10.6. The highest BCUT2D eigenvalue weighted by molar-refractivity contribution is 6.74. The van der Waals surface area contributed by atoms with E-state index in [1.165, 1.54) is 12.0 Å².